The maximum absolute atomic E-state index is 12.5. The lowest BCUT2D eigenvalue weighted by Crippen LogP contribution is -2.34. The SMILES string of the molecule is NC1CCCC1C(=O)Nc1cccc(S(=O)(=O)C(F)(F)F)c1. The van der Waals surface area contributed by atoms with Crippen LogP contribution in [0.5, 0.6) is 0 Å². The van der Waals surface area contributed by atoms with Crippen LogP contribution in [0.4, 0.5) is 18.9 Å². The minimum Gasteiger partial charge on any atom is -0.327 e. The number of amides is 1. The van der Waals surface area contributed by atoms with Crippen LogP contribution >= 0.6 is 0 Å². The van der Waals surface area contributed by atoms with Crippen molar-refractivity contribution in [3.05, 3.63) is 24.3 Å². The van der Waals surface area contributed by atoms with Crippen molar-refractivity contribution < 1.29 is 26.4 Å². The van der Waals surface area contributed by atoms with E-state index >= 15 is 0 Å². The molecule has 1 aliphatic rings. The Morgan fingerprint density at radius 2 is 1.95 bits per heavy atom. The quantitative estimate of drug-likeness (QED) is 0.884. The van der Waals surface area contributed by atoms with Crippen LogP contribution < -0.4 is 11.1 Å². The second-order valence-corrected chi connectivity index (χ2v) is 7.11. The third kappa shape index (κ3) is 3.25. The number of carbonyl (C=O) groups excluding carboxylic acids is 1. The number of carbonyl (C=O) groups is 1. The number of hydrogen-bond acceptors (Lipinski definition) is 4. The van der Waals surface area contributed by atoms with E-state index in [-0.39, 0.29) is 11.7 Å². The lowest BCUT2D eigenvalue weighted by molar-refractivity contribution is -0.120. The Bertz CT molecular complexity index is 673. The molecule has 5 nitrogen and oxygen atoms in total. The summed E-state index contributed by atoms with van der Waals surface area (Å²) < 4.78 is 60.2. The summed E-state index contributed by atoms with van der Waals surface area (Å²) in [5.74, 6) is -0.825. The van der Waals surface area contributed by atoms with Crippen LogP contribution in [0.25, 0.3) is 0 Å². The van der Waals surface area contributed by atoms with Crippen LogP contribution in [0.3, 0.4) is 0 Å². The summed E-state index contributed by atoms with van der Waals surface area (Å²) >= 11 is 0. The summed E-state index contributed by atoms with van der Waals surface area (Å²) in [6.07, 6.45) is 2.12. The molecule has 0 spiro atoms. The van der Waals surface area contributed by atoms with Crippen LogP contribution in [-0.4, -0.2) is 25.9 Å². The number of nitrogens with one attached hydrogen (secondary N) is 1. The fourth-order valence-corrected chi connectivity index (χ4v) is 3.23. The van der Waals surface area contributed by atoms with Gasteiger partial charge in [0.2, 0.25) is 5.91 Å². The van der Waals surface area contributed by atoms with E-state index in [2.05, 4.69) is 5.32 Å². The molecule has 1 aromatic rings. The number of alkyl halides is 3. The second kappa shape index (κ2) is 5.88. The van der Waals surface area contributed by atoms with Crippen LogP contribution in [0.1, 0.15) is 19.3 Å². The average molecular weight is 336 g/mol. The lowest BCUT2D eigenvalue weighted by Gasteiger charge is -2.15. The first-order chi connectivity index (χ1) is 10.1. The van der Waals surface area contributed by atoms with E-state index in [4.69, 9.17) is 5.73 Å². The van der Waals surface area contributed by atoms with E-state index in [0.29, 0.717) is 12.8 Å². The highest BCUT2D eigenvalue weighted by Gasteiger charge is 2.46. The molecular weight excluding hydrogens is 321 g/mol. The molecule has 3 N–H and O–H groups in total. The van der Waals surface area contributed by atoms with Gasteiger partial charge in [-0.25, -0.2) is 8.42 Å². The minimum atomic E-state index is -5.44. The molecule has 2 unspecified atom stereocenters. The van der Waals surface area contributed by atoms with Crippen molar-refractivity contribution in [2.24, 2.45) is 11.7 Å². The van der Waals surface area contributed by atoms with Crippen molar-refractivity contribution in [1.29, 1.82) is 0 Å². The van der Waals surface area contributed by atoms with Gasteiger partial charge in [0.1, 0.15) is 0 Å². The molecule has 0 saturated heterocycles. The molecule has 1 aliphatic carbocycles. The van der Waals surface area contributed by atoms with Gasteiger partial charge >= 0.3 is 5.51 Å². The van der Waals surface area contributed by atoms with Crippen LogP contribution in [0, 0.1) is 5.92 Å². The Morgan fingerprint density at radius 3 is 2.50 bits per heavy atom. The number of nitrogens with two attached hydrogens (primary N) is 1. The Kier molecular flexibility index (Phi) is 4.48. The van der Waals surface area contributed by atoms with Gasteiger partial charge in [-0.1, -0.05) is 12.5 Å². The summed E-state index contributed by atoms with van der Waals surface area (Å²) in [5, 5.41) is 2.43. The first kappa shape index (κ1) is 16.8. The predicted molar refractivity (Wildman–Crippen MR) is 73.6 cm³/mol. The van der Waals surface area contributed by atoms with Crippen molar-refractivity contribution in [3.8, 4) is 0 Å². The minimum absolute atomic E-state index is 0.00516. The first-order valence-corrected chi connectivity index (χ1v) is 8.09. The number of benzene rings is 1. The molecule has 0 heterocycles. The Morgan fingerprint density at radius 1 is 1.27 bits per heavy atom. The van der Waals surface area contributed by atoms with Gasteiger partial charge in [0, 0.05) is 11.7 Å². The van der Waals surface area contributed by atoms with Crippen LogP contribution in [0.2, 0.25) is 0 Å². The maximum Gasteiger partial charge on any atom is 0.501 e. The van der Waals surface area contributed by atoms with Gasteiger partial charge in [0.25, 0.3) is 9.84 Å². The van der Waals surface area contributed by atoms with Crippen LogP contribution in [0.15, 0.2) is 29.2 Å². The van der Waals surface area contributed by atoms with Gasteiger partial charge in [-0.3, -0.25) is 4.79 Å². The zero-order valence-electron chi connectivity index (χ0n) is 11.4. The summed E-state index contributed by atoms with van der Waals surface area (Å²) in [5.41, 5.74) is 0.394. The molecule has 1 amide bonds. The standard InChI is InChI=1S/C13H15F3N2O3S/c14-13(15,16)22(20,21)9-4-1-3-8(7-9)18-12(19)10-5-2-6-11(10)17/h1,3-4,7,10-11H,2,5-6,17H2,(H,18,19). The average Bonchev–Trinajstić information content (AvgIpc) is 2.84. The van der Waals surface area contributed by atoms with E-state index in [9.17, 15) is 26.4 Å². The molecule has 1 saturated carbocycles. The summed E-state index contributed by atoms with van der Waals surface area (Å²) in [4.78, 5) is 11.1. The van der Waals surface area contributed by atoms with Gasteiger partial charge < -0.3 is 11.1 Å². The Balaban J connectivity index is 2.21. The zero-order chi connectivity index (χ0) is 16.5. The Hall–Kier alpha value is -1.61. The van der Waals surface area contributed by atoms with E-state index in [1.807, 2.05) is 0 Å². The predicted octanol–water partition coefficient (Wildman–Crippen LogP) is 2.05. The maximum atomic E-state index is 12.5. The normalized spacial score (nSPS) is 22.5. The molecule has 22 heavy (non-hydrogen) atoms. The van der Waals surface area contributed by atoms with Crippen LogP contribution in [-0.2, 0) is 14.6 Å². The molecule has 1 fully saturated rings. The monoisotopic (exact) mass is 336 g/mol. The second-order valence-electron chi connectivity index (χ2n) is 5.17. The van der Waals surface area contributed by atoms with Crippen molar-refractivity contribution in [2.45, 2.75) is 35.7 Å². The largest absolute Gasteiger partial charge is 0.501 e. The number of sulfone groups is 1. The van der Waals surface area contributed by atoms with Gasteiger partial charge in [-0.05, 0) is 31.0 Å². The molecule has 1 aromatic carbocycles. The number of anilines is 1. The number of rotatable bonds is 3. The summed E-state index contributed by atoms with van der Waals surface area (Å²) in [7, 11) is -5.44. The molecule has 122 valence electrons. The highest BCUT2D eigenvalue weighted by atomic mass is 32.2. The molecule has 2 rings (SSSR count). The van der Waals surface area contributed by atoms with Gasteiger partial charge in [-0.15, -0.1) is 0 Å². The van der Waals surface area contributed by atoms with E-state index < -0.39 is 32.1 Å². The molecule has 0 aliphatic heterocycles. The topological polar surface area (TPSA) is 89.3 Å². The Labute approximate surface area is 125 Å². The summed E-state index contributed by atoms with van der Waals surface area (Å²) in [6.45, 7) is 0. The smallest absolute Gasteiger partial charge is 0.327 e. The number of hydrogen-bond donors (Lipinski definition) is 2. The third-order valence-corrected chi connectivity index (χ3v) is 5.11. The fraction of sp³-hybridized carbons (Fsp3) is 0.462. The fourth-order valence-electron chi connectivity index (χ4n) is 2.42. The van der Waals surface area contributed by atoms with Crippen molar-refractivity contribution in [1.82, 2.24) is 0 Å². The third-order valence-electron chi connectivity index (χ3n) is 3.62. The van der Waals surface area contributed by atoms with E-state index in [1.165, 1.54) is 6.07 Å². The van der Waals surface area contributed by atoms with E-state index in [0.717, 1.165) is 24.6 Å². The molecule has 0 aromatic heterocycles. The van der Waals surface area contributed by atoms with Gasteiger partial charge in [-0.2, -0.15) is 13.2 Å². The molecule has 0 radical (unpaired) electrons. The molecule has 0 bridgehead atoms. The van der Waals surface area contributed by atoms with Crippen molar-refractivity contribution >= 4 is 21.4 Å². The molecule has 2 atom stereocenters. The van der Waals surface area contributed by atoms with Gasteiger partial charge in [0.05, 0.1) is 10.8 Å². The van der Waals surface area contributed by atoms with Gasteiger partial charge in [0.15, 0.2) is 0 Å². The first-order valence-electron chi connectivity index (χ1n) is 6.61. The molecule has 9 heteroatoms. The number of halogens is 3. The lowest BCUT2D eigenvalue weighted by atomic mass is 10.0. The highest BCUT2D eigenvalue weighted by Crippen LogP contribution is 2.31. The summed E-state index contributed by atoms with van der Waals surface area (Å²) in [6, 6.07) is 3.81. The zero-order valence-corrected chi connectivity index (χ0v) is 12.2. The highest BCUT2D eigenvalue weighted by molar-refractivity contribution is 7.92. The van der Waals surface area contributed by atoms with E-state index in [1.54, 1.807) is 0 Å². The van der Waals surface area contributed by atoms with Crippen molar-refractivity contribution in [3.63, 3.8) is 0 Å². The molecular formula is C13H15F3N2O3S. The van der Waals surface area contributed by atoms with Crippen molar-refractivity contribution in [2.75, 3.05) is 5.32 Å².